The molecule has 1 amide bonds. The van der Waals surface area contributed by atoms with E-state index < -0.39 is 17.9 Å². The fraction of sp³-hybridized carbons (Fsp3) is 0.0870. The molecule has 2 N–H and O–H groups in total. The molecule has 9 heteroatoms. The highest BCUT2D eigenvalue weighted by Crippen LogP contribution is 2.30. The minimum Gasteiger partial charge on any atom is -0.480 e. The van der Waals surface area contributed by atoms with E-state index in [9.17, 15) is 14.7 Å². The van der Waals surface area contributed by atoms with Crippen LogP contribution < -0.4 is 5.32 Å². The fourth-order valence-corrected chi connectivity index (χ4v) is 3.95. The third-order valence-corrected chi connectivity index (χ3v) is 5.93. The van der Waals surface area contributed by atoms with Crippen molar-refractivity contribution in [1.82, 2.24) is 10.2 Å². The van der Waals surface area contributed by atoms with Crippen LogP contribution in [0.15, 0.2) is 70.8 Å². The van der Waals surface area contributed by atoms with Gasteiger partial charge in [0, 0.05) is 18.1 Å². The number of hydrogen-bond donors (Lipinski definition) is 2. The van der Waals surface area contributed by atoms with Crippen LogP contribution in [0.5, 0.6) is 0 Å². The standard InChI is InChI=1S/C23H16Cl2N2O4S/c24-16-8-6-14(11-17(16)25)20-9-7-15(31-20)12-18-21(28)27(23(32)26-18)19(22(29)30)10-13-4-2-1-3-5-13/h1-9,11-12,19H,10H2,(H,26,32)(H,29,30)/b18-12+. The van der Waals surface area contributed by atoms with E-state index in [1.165, 1.54) is 6.08 Å². The van der Waals surface area contributed by atoms with Gasteiger partial charge in [-0.15, -0.1) is 0 Å². The monoisotopic (exact) mass is 486 g/mol. The van der Waals surface area contributed by atoms with Crippen molar-refractivity contribution in [2.24, 2.45) is 0 Å². The molecule has 32 heavy (non-hydrogen) atoms. The molecular weight excluding hydrogens is 471 g/mol. The van der Waals surface area contributed by atoms with Crippen molar-refractivity contribution < 1.29 is 19.1 Å². The third-order valence-electron chi connectivity index (χ3n) is 4.90. The Bertz CT molecular complexity index is 1240. The first-order valence-corrected chi connectivity index (χ1v) is 10.7. The molecule has 2 aromatic carbocycles. The Hall–Kier alpha value is -3.13. The number of hydrogen-bond acceptors (Lipinski definition) is 4. The highest BCUT2D eigenvalue weighted by Gasteiger charge is 2.39. The van der Waals surface area contributed by atoms with E-state index in [0.717, 1.165) is 16.0 Å². The molecule has 1 atom stereocenters. The van der Waals surface area contributed by atoms with Crippen LogP contribution in [0.4, 0.5) is 0 Å². The molecule has 0 radical (unpaired) electrons. The van der Waals surface area contributed by atoms with Crippen LogP contribution in [-0.4, -0.2) is 33.0 Å². The Balaban J connectivity index is 1.57. The lowest BCUT2D eigenvalue weighted by Crippen LogP contribution is -2.46. The van der Waals surface area contributed by atoms with Gasteiger partial charge < -0.3 is 14.8 Å². The maximum absolute atomic E-state index is 13.0. The number of amides is 1. The summed E-state index contributed by atoms with van der Waals surface area (Å²) in [7, 11) is 0. The highest BCUT2D eigenvalue weighted by molar-refractivity contribution is 7.80. The maximum atomic E-state index is 13.0. The van der Waals surface area contributed by atoms with Gasteiger partial charge in [-0.3, -0.25) is 9.69 Å². The number of aliphatic carboxylic acids is 1. The van der Waals surface area contributed by atoms with Gasteiger partial charge in [0.15, 0.2) is 5.11 Å². The number of carbonyl (C=O) groups is 2. The smallest absolute Gasteiger partial charge is 0.327 e. The van der Waals surface area contributed by atoms with Gasteiger partial charge in [0.2, 0.25) is 0 Å². The predicted molar refractivity (Wildman–Crippen MR) is 126 cm³/mol. The number of nitrogens with one attached hydrogen (secondary N) is 1. The zero-order valence-corrected chi connectivity index (χ0v) is 18.7. The van der Waals surface area contributed by atoms with Crippen LogP contribution in [0.1, 0.15) is 11.3 Å². The summed E-state index contributed by atoms with van der Waals surface area (Å²) in [5.74, 6) is -0.757. The minimum atomic E-state index is -1.15. The lowest BCUT2D eigenvalue weighted by Gasteiger charge is -2.22. The SMILES string of the molecule is O=C(O)C(Cc1ccccc1)N1C(=O)/C(=C\c2ccc(-c3ccc(Cl)c(Cl)c3)o2)NC1=S. The largest absolute Gasteiger partial charge is 0.480 e. The molecule has 1 aliphatic rings. The van der Waals surface area contributed by atoms with Crippen molar-refractivity contribution in [3.05, 3.63) is 87.7 Å². The van der Waals surface area contributed by atoms with Gasteiger partial charge in [-0.05, 0) is 48.1 Å². The summed E-state index contributed by atoms with van der Waals surface area (Å²) in [6, 6.07) is 16.4. The molecule has 1 fully saturated rings. The summed E-state index contributed by atoms with van der Waals surface area (Å²) in [4.78, 5) is 26.0. The average molecular weight is 487 g/mol. The molecule has 162 valence electrons. The number of halogens is 2. The van der Waals surface area contributed by atoms with Crippen LogP contribution in [0, 0.1) is 0 Å². The summed E-state index contributed by atoms with van der Waals surface area (Å²) in [5, 5.41) is 13.4. The van der Waals surface area contributed by atoms with Crippen LogP contribution in [0.3, 0.4) is 0 Å². The van der Waals surface area contributed by atoms with Crippen molar-refractivity contribution in [2.75, 3.05) is 0 Å². The summed E-state index contributed by atoms with van der Waals surface area (Å²) in [6.45, 7) is 0. The summed E-state index contributed by atoms with van der Waals surface area (Å²) in [5.41, 5.74) is 1.63. The van der Waals surface area contributed by atoms with Gasteiger partial charge in [0.25, 0.3) is 5.91 Å². The summed E-state index contributed by atoms with van der Waals surface area (Å²) >= 11 is 17.3. The normalized spacial score (nSPS) is 15.8. The van der Waals surface area contributed by atoms with Crippen molar-refractivity contribution >= 4 is 58.5 Å². The molecule has 0 aliphatic carbocycles. The van der Waals surface area contributed by atoms with Crippen molar-refractivity contribution in [3.63, 3.8) is 0 Å². The molecular formula is C23H16Cl2N2O4S. The number of benzene rings is 2. The van der Waals surface area contributed by atoms with Crippen molar-refractivity contribution in [3.8, 4) is 11.3 Å². The Morgan fingerprint density at radius 1 is 1.12 bits per heavy atom. The topological polar surface area (TPSA) is 82.8 Å². The zero-order valence-electron chi connectivity index (χ0n) is 16.4. The van der Waals surface area contributed by atoms with Crippen molar-refractivity contribution in [1.29, 1.82) is 0 Å². The second kappa shape index (κ2) is 9.16. The molecule has 3 aromatic rings. The van der Waals surface area contributed by atoms with E-state index in [-0.39, 0.29) is 17.2 Å². The van der Waals surface area contributed by atoms with Crippen LogP contribution in [0.2, 0.25) is 10.0 Å². The molecule has 4 rings (SSSR count). The second-order valence-electron chi connectivity index (χ2n) is 7.04. The highest BCUT2D eigenvalue weighted by atomic mass is 35.5. The number of thiocarbonyl (C=S) groups is 1. The molecule has 2 heterocycles. The van der Waals surface area contributed by atoms with Gasteiger partial charge >= 0.3 is 5.97 Å². The molecule has 0 spiro atoms. The first-order valence-electron chi connectivity index (χ1n) is 9.51. The Morgan fingerprint density at radius 2 is 1.88 bits per heavy atom. The third kappa shape index (κ3) is 4.55. The van der Waals surface area contributed by atoms with E-state index >= 15 is 0 Å². The lowest BCUT2D eigenvalue weighted by molar-refractivity contribution is -0.145. The lowest BCUT2D eigenvalue weighted by atomic mass is 10.0. The van der Waals surface area contributed by atoms with Gasteiger partial charge in [0.05, 0.1) is 10.0 Å². The van der Waals surface area contributed by atoms with Gasteiger partial charge in [0.1, 0.15) is 23.3 Å². The van der Waals surface area contributed by atoms with Crippen LogP contribution in [-0.2, 0) is 16.0 Å². The predicted octanol–water partition coefficient (Wildman–Crippen LogP) is 5.01. The number of nitrogens with zero attached hydrogens (tertiary/aromatic N) is 1. The molecule has 1 unspecified atom stereocenters. The Kier molecular flexibility index (Phi) is 6.32. The van der Waals surface area contributed by atoms with E-state index in [1.807, 2.05) is 18.2 Å². The Morgan fingerprint density at radius 3 is 2.56 bits per heavy atom. The van der Waals surface area contributed by atoms with E-state index in [0.29, 0.717) is 21.6 Å². The summed E-state index contributed by atoms with van der Waals surface area (Å²) in [6.07, 6.45) is 1.61. The fourth-order valence-electron chi connectivity index (χ4n) is 3.34. The quantitative estimate of drug-likeness (QED) is 0.376. The van der Waals surface area contributed by atoms with Crippen molar-refractivity contribution in [2.45, 2.75) is 12.5 Å². The first-order chi connectivity index (χ1) is 15.3. The Labute approximate surface area is 199 Å². The maximum Gasteiger partial charge on any atom is 0.327 e. The van der Waals surface area contributed by atoms with Crippen LogP contribution >= 0.6 is 35.4 Å². The minimum absolute atomic E-state index is 0.0286. The second-order valence-corrected chi connectivity index (χ2v) is 8.24. The zero-order chi connectivity index (χ0) is 22.8. The summed E-state index contributed by atoms with van der Waals surface area (Å²) < 4.78 is 5.80. The first kappa shape index (κ1) is 22.1. The number of carboxylic acids is 1. The number of rotatable bonds is 6. The molecule has 6 nitrogen and oxygen atoms in total. The van der Waals surface area contributed by atoms with Gasteiger partial charge in [-0.1, -0.05) is 53.5 Å². The molecule has 1 aliphatic heterocycles. The average Bonchev–Trinajstić information content (AvgIpc) is 3.34. The molecule has 0 bridgehead atoms. The number of carbonyl (C=O) groups excluding carboxylic acids is 1. The van der Waals surface area contributed by atoms with Crippen LogP contribution in [0.25, 0.3) is 17.4 Å². The number of carboxylic acid groups (broad SMARTS) is 1. The van der Waals surface area contributed by atoms with E-state index in [4.69, 9.17) is 39.8 Å². The number of furan rings is 1. The van der Waals surface area contributed by atoms with Gasteiger partial charge in [-0.2, -0.15) is 0 Å². The van der Waals surface area contributed by atoms with E-state index in [1.54, 1.807) is 42.5 Å². The van der Waals surface area contributed by atoms with Gasteiger partial charge in [-0.25, -0.2) is 4.79 Å². The van der Waals surface area contributed by atoms with E-state index in [2.05, 4.69) is 5.32 Å². The molecule has 0 saturated carbocycles. The molecule has 1 saturated heterocycles. The molecule has 1 aromatic heterocycles.